The molecule has 0 bridgehead atoms. The summed E-state index contributed by atoms with van der Waals surface area (Å²) in [6.07, 6.45) is 2.53. The number of ether oxygens (including phenoxy) is 2. The molecule has 6 rings (SSSR count). The average Bonchev–Trinajstić information content (AvgIpc) is 3.32. The Morgan fingerprint density at radius 3 is 1.13 bits per heavy atom. The molecule has 2 aromatic carbocycles. The van der Waals surface area contributed by atoms with E-state index < -0.39 is 30.0 Å². The fourth-order valence-corrected chi connectivity index (χ4v) is 8.24. The van der Waals surface area contributed by atoms with Crippen LogP contribution in [-0.2, 0) is 29.7 Å². The summed E-state index contributed by atoms with van der Waals surface area (Å²) in [5.41, 5.74) is 0.378. The van der Waals surface area contributed by atoms with Crippen LogP contribution in [0.5, 0.6) is 0 Å². The molecule has 10 N–H and O–H groups in total. The number of morpholine rings is 2. The molecular weight excluding hydrogens is 1010 g/mol. The van der Waals surface area contributed by atoms with Gasteiger partial charge in [-0.15, -0.1) is 0 Å². The van der Waals surface area contributed by atoms with Gasteiger partial charge in [0.15, 0.2) is 0 Å². The van der Waals surface area contributed by atoms with Gasteiger partial charge in [-0.05, 0) is 58.6 Å². The third-order valence-electron chi connectivity index (χ3n) is 9.82. The van der Waals surface area contributed by atoms with Gasteiger partial charge in [-0.1, -0.05) is 24.3 Å². The quantitative estimate of drug-likeness (QED) is 0.0357. The molecule has 0 amide bonds. The maximum atomic E-state index is 12.4. The highest BCUT2D eigenvalue weighted by Gasteiger charge is 2.21. The van der Waals surface area contributed by atoms with Crippen molar-refractivity contribution in [3.05, 3.63) is 58.1 Å². The van der Waals surface area contributed by atoms with E-state index in [9.17, 15) is 25.9 Å². The zero-order valence-electron chi connectivity index (χ0n) is 37.8. The van der Waals surface area contributed by atoms with Gasteiger partial charge in [0.25, 0.3) is 20.2 Å². The van der Waals surface area contributed by atoms with Gasteiger partial charge < -0.3 is 60.5 Å². The van der Waals surface area contributed by atoms with Crippen molar-refractivity contribution in [2.45, 2.75) is 9.79 Å². The second kappa shape index (κ2) is 29.7. The first-order valence-corrected chi connectivity index (χ1v) is 25.2. The fourth-order valence-electron chi connectivity index (χ4n) is 6.50. The molecule has 70 heavy (non-hydrogen) atoms. The smallest absolute Gasteiger partial charge is 0.295 e. The Labute approximate surface area is 414 Å². The van der Waals surface area contributed by atoms with Crippen LogP contribution in [-0.4, -0.2) is 228 Å². The number of aliphatic hydroxyl groups is 6. The van der Waals surface area contributed by atoms with E-state index in [-0.39, 0.29) is 84.6 Å². The highest BCUT2D eigenvalue weighted by Crippen LogP contribution is 2.29. The van der Waals surface area contributed by atoms with Crippen LogP contribution in [0.1, 0.15) is 11.1 Å². The molecular formula is C40H58Cl2N12O14S2. The topological polar surface area (TPSA) is 363 Å². The minimum Gasteiger partial charge on any atom is -0.395 e. The van der Waals surface area contributed by atoms with Crippen LogP contribution in [0.25, 0.3) is 12.2 Å². The number of rotatable bonds is 22. The first kappa shape index (κ1) is 58.0. The summed E-state index contributed by atoms with van der Waals surface area (Å²) in [6, 6.07) is 8.00. The highest BCUT2D eigenvalue weighted by molar-refractivity contribution is 7.86. The molecule has 0 radical (unpaired) electrons. The van der Waals surface area contributed by atoms with Crippen LogP contribution < -0.4 is 20.4 Å². The average molecular weight is 1070 g/mol. The van der Waals surface area contributed by atoms with Gasteiger partial charge in [0.1, 0.15) is 9.79 Å². The van der Waals surface area contributed by atoms with E-state index >= 15 is 0 Å². The van der Waals surface area contributed by atoms with Gasteiger partial charge in [0.2, 0.25) is 34.4 Å². The summed E-state index contributed by atoms with van der Waals surface area (Å²) in [5, 5.41) is 56.5. The number of aromatic nitrogens is 6. The number of nitrogens with one attached hydrogen (secondary N) is 2. The fraction of sp³-hybridized carbons (Fsp3) is 0.500. The van der Waals surface area contributed by atoms with Crippen molar-refractivity contribution in [2.24, 2.45) is 0 Å². The molecule has 0 saturated carbocycles. The number of aliphatic hydroxyl groups excluding tert-OH is 6. The SMILES string of the molecule is O=S(=O)(O)c1cc(Nc2nc(Cl)nc(N3CCOCC3)n2)ccc1/C=C/c1ccc(Nc2nc(Cl)nc(N3CCOCC3)n2)cc1S(=O)(=O)O.OCCN(CCO)CCO.OCCN(CCO)CCO. The Bertz CT molecular complexity index is 2300. The molecule has 4 heterocycles. The minimum absolute atomic E-state index is 0.000284. The Kier molecular flexibility index (Phi) is 24.6. The van der Waals surface area contributed by atoms with E-state index in [0.717, 1.165) is 12.1 Å². The first-order chi connectivity index (χ1) is 33.5. The Morgan fingerprint density at radius 2 is 0.843 bits per heavy atom. The number of benzene rings is 2. The summed E-state index contributed by atoms with van der Waals surface area (Å²) in [5.74, 6) is 0.658. The first-order valence-electron chi connectivity index (χ1n) is 21.5. The standard InChI is InChI=1S/C28H28Cl2N10O8S2.2C6H15NO3/c29-23-33-25(37-27(35-23)39-7-11-47-12-8-39)31-19-5-3-17(21(15-19)49(41,42)43)1-2-18-4-6-20(16-22(18)50(44,45)46)32-26-34-24(30)36-28(38-26)40-9-13-48-14-10-40;2*8-4-1-7(2-5-9)3-6-10/h1-6,15-16H,7-14H2,(H,41,42,43)(H,44,45,46)(H,31,33,35,37)(H,32,34,36,38);2*8-10H,1-6H2/b2-1+;;. The van der Waals surface area contributed by atoms with E-state index in [1.54, 1.807) is 9.80 Å². The molecule has 0 spiro atoms. The predicted octanol–water partition coefficient (Wildman–Crippen LogP) is -0.282. The molecule has 2 saturated heterocycles. The lowest BCUT2D eigenvalue weighted by Gasteiger charge is -2.26. The van der Waals surface area contributed by atoms with E-state index in [2.05, 4.69) is 40.5 Å². The monoisotopic (exact) mass is 1060 g/mol. The normalized spacial score (nSPS) is 14.3. The summed E-state index contributed by atoms with van der Waals surface area (Å²) < 4.78 is 80.4. The molecule has 0 aliphatic carbocycles. The minimum atomic E-state index is -4.79. The number of anilines is 6. The second-order valence-electron chi connectivity index (χ2n) is 14.7. The largest absolute Gasteiger partial charge is 0.395 e. The molecule has 0 unspecified atom stereocenters. The van der Waals surface area contributed by atoms with E-state index in [1.165, 1.54) is 36.4 Å². The van der Waals surface area contributed by atoms with E-state index in [1.807, 2.05) is 9.80 Å². The molecule has 2 aromatic heterocycles. The molecule has 388 valence electrons. The Morgan fingerprint density at radius 1 is 0.529 bits per heavy atom. The van der Waals surface area contributed by atoms with Crippen LogP contribution in [0.4, 0.5) is 35.2 Å². The van der Waals surface area contributed by atoms with E-state index in [0.29, 0.717) is 104 Å². The molecule has 4 aromatic rings. The third kappa shape index (κ3) is 19.5. The maximum Gasteiger partial charge on any atom is 0.295 e. The predicted molar refractivity (Wildman–Crippen MR) is 259 cm³/mol. The van der Waals surface area contributed by atoms with E-state index in [4.69, 9.17) is 63.3 Å². The lowest BCUT2D eigenvalue weighted by Crippen LogP contribution is -2.37. The van der Waals surface area contributed by atoms with Gasteiger partial charge in [-0.25, -0.2) is 0 Å². The Balaban J connectivity index is 0.000000445. The van der Waals surface area contributed by atoms with Gasteiger partial charge in [0.05, 0.1) is 66.1 Å². The van der Waals surface area contributed by atoms with Gasteiger partial charge in [0, 0.05) is 76.8 Å². The summed E-state index contributed by atoms with van der Waals surface area (Å²) >= 11 is 12.2. The molecule has 26 nitrogen and oxygen atoms in total. The number of halogens is 2. The van der Waals surface area contributed by atoms with Crippen molar-refractivity contribution < 1.29 is 66.1 Å². The summed E-state index contributed by atoms with van der Waals surface area (Å²) in [6.45, 7) is 7.60. The zero-order valence-corrected chi connectivity index (χ0v) is 41.0. The molecule has 2 aliphatic rings. The van der Waals surface area contributed by atoms with Crippen molar-refractivity contribution in [1.82, 2.24) is 39.7 Å². The zero-order chi connectivity index (χ0) is 51.1. The summed E-state index contributed by atoms with van der Waals surface area (Å²) in [7, 11) is -9.58. The third-order valence-corrected chi connectivity index (χ3v) is 12.0. The van der Waals surface area contributed by atoms with Gasteiger partial charge in [-0.2, -0.15) is 46.7 Å². The molecule has 2 fully saturated rings. The second-order valence-corrected chi connectivity index (χ2v) is 18.2. The van der Waals surface area contributed by atoms with Gasteiger partial charge >= 0.3 is 0 Å². The maximum absolute atomic E-state index is 12.4. The molecule has 0 atom stereocenters. The van der Waals surface area contributed by atoms with Crippen LogP contribution in [0.2, 0.25) is 10.6 Å². The number of hydrogen-bond acceptors (Lipinski definition) is 24. The number of nitrogens with zero attached hydrogens (tertiary/aromatic N) is 10. The van der Waals surface area contributed by atoms with Crippen LogP contribution >= 0.6 is 23.2 Å². The highest BCUT2D eigenvalue weighted by atomic mass is 35.5. The van der Waals surface area contributed by atoms with Crippen molar-refractivity contribution in [1.29, 1.82) is 0 Å². The Hall–Kier alpha value is -4.60. The lowest BCUT2D eigenvalue weighted by molar-refractivity contribution is 0.122. The lowest BCUT2D eigenvalue weighted by atomic mass is 10.1. The molecule has 30 heteroatoms. The number of hydrogen-bond donors (Lipinski definition) is 10. The van der Waals surface area contributed by atoms with Crippen molar-refractivity contribution >= 4 is 90.8 Å². The van der Waals surface area contributed by atoms with Crippen LogP contribution in [0.15, 0.2) is 46.2 Å². The van der Waals surface area contributed by atoms with Crippen molar-refractivity contribution in [3.8, 4) is 0 Å². The van der Waals surface area contributed by atoms with Crippen molar-refractivity contribution in [3.63, 3.8) is 0 Å². The summed E-state index contributed by atoms with van der Waals surface area (Å²) in [4.78, 5) is 31.4. The van der Waals surface area contributed by atoms with Crippen LogP contribution in [0, 0.1) is 0 Å². The van der Waals surface area contributed by atoms with Crippen molar-refractivity contribution in [2.75, 3.05) is 152 Å². The molecule has 2 aliphatic heterocycles. The van der Waals surface area contributed by atoms with Gasteiger partial charge in [-0.3, -0.25) is 18.9 Å². The van der Waals surface area contributed by atoms with Crippen LogP contribution in [0.3, 0.4) is 0 Å².